The lowest BCUT2D eigenvalue weighted by Gasteiger charge is -2.27. The molecule has 2 N–H and O–H groups in total. The van der Waals surface area contributed by atoms with Crippen LogP contribution in [0.3, 0.4) is 0 Å². The van der Waals surface area contributed by atoms with Crippen molar-refractivity contribution in [3.05, 3.63) is 58.3 Å². The molecule has 2 aromatic rings. The summed E-state index contributed by atoms with van der Waals surface area (Å²) in [5.41, 5.74) is 7.17. The van der Waals surface area contributed by atoms with Gasteiger partial charge in [-0.1, -0.05) is 36.4 Å². The SMILES string of the molecule is CC(C)N(Cc1cccs1)C(=O)CC(N)c1ccccc1. The van der Waals surface area contributed by atoms with Crippen molar-refractivity contribution >= 4 is 17.2 Å². The maximum Gasteiger partial charge on any atom is 0.225 e. The summed E-state index contributed by atoms with van der Waals surface area (Å²) in [7, 11) is 0. The molecule has 0 spiro atoms. The molecule has 2 rings (SSSR count). The Morgan fingerprint density at radius 1 is 1.19 bits per heavy atom. The Bertz CT molecular complexity index is 551. The Balaban J connectivity index is 2.02. The number of hydrogen-bond donors (Lipinski definition) is 1. The molecule has 21 heavy (non-hydrogen) atoms. The number of amides is 1. The first kappa shape index (κ1) is 15.7. The summed E-state index contributed by atoms with van der Waals surface area (Å²) in [5.74, 6) is 0.106. The normalized spacial score (nSPS) is 12.4. The first-order chi connectivity index (χ1) is 10.1. The number of carbonyl (C=O) groups excluding carboxylic acids is 1. The molecular weight excluding hydrogens is 280 g/mol. The van der Waals surface area contributed by atoms with Gasteiger partial charge in [-0.2, -0.15) is 0 Å². The van der Waals surface area contributed by atoms with Crippen LogP contribution in [0.15, 0.2) is 47.8 Å². The van der Waals surface area contributed by atoms with Gasteiger partial charge in [0.25, 0.3) is 0 Å². The van der Waals surface area contributed by atoms with E-state index in [2.05, 4.69) is 6.07 Å². The molecule has 1 amide bonds. The number of nitrogens with two attached hydrogens (primary N) is 1. The molecule has 1 aromatic heterocycles. The van der Waals surface area contributed by atoms with E-state index in [9.17, 15) is 4.79 Å². The van der Waals surface area contributed by atoms with Gasteiger partial charge in [0.1, 0.15) is 0 Å². The van der Waals surface area contributed by atoms with E-state index in [1.54, 1.807) is 11.3 Å². The van der Waals surface area contributed by atoms with Crippen molar-refractivity contribution in [2.45, 2.75) is 38.9 Å². The molecule has 1 heterocycles. The number of nitrogens with zero attached hydrogens (tertiary/aromatic N) is 1. The molecule has 4 heteroatoms. The molecule has 0 saturated carbocycles. The fourth-order valence-corrected chi connectivity index (χ4v) is 2.96. The van der Waals surface area contributed by atoms with E-state index >= 15 is 0 Å². The quantitative estimate of drug-likeness (QED) is 0.886. The summed E-state index contributed by atoms with van der Waals surface area (Å²) in [6, 6.07) is 13.8. The number of hydrogen-bond acceptors (Lipinski definition) is 3. The molecule has 1 aromatic carbocycles. The fraction of sp³-hybridized carbons (Fsp3) is 0.353. The molecule has 3 nitrogen and oxygen atoms in total. The van der Waals surface area contributed by atoms with Crippen LogP contribution in [-0.2, 0) is 11.3 Å². The summed E-state index contributed by atoms with van der Waals surface area (Å²) in [6.45, 7) is 4.74. The van der Waals surface area contributed by atoms with Gasteiger partial charge in [0.2, 0.25) is 5.91 Å². The average Bonchev–Trinajstić information content (AvgIpc) is 2.98. The van der Waals surface area contributed by atoms with Crippen molar-refractivity contribution in [1.82, 2.24) is 4.90 Å². The molecule has 112 valence electrons. The number of carbonyl (C=O) groups is 1. The zero-order valence-corrected chi connectivity index (χ0v) is 13.3. The molecule has 0 aliphatic heterocycles. The predicted molar refractivity (Wildman–Crippen MR) is 88.0 cm³/mol. The lowest BCUT2D eigenvalue weighted by Crippen LogP contribution is -2.37. The van der Waals surface area contributed by atoms with Gasteiger partial charge in [-0.25, -0.2) is 0 Å². The van der Waals surface area contributed by atoms with Gasteiger partial charge in [-0.05, 0) is 30.9 Å². The van der Waals surface area contributed by atoms with Gasteiger partial charge in [0, 0.05) is 23.4 Å². The Morgan fingerprint density at radius 2 is 1.90 bits per heavy atom. The topological polar surface area (TPSA) is 46.3 Å². The van der Waals surface area contributed by atoms with Crippen LogP contribution in [0.2, 0.25) is 0 Å². The number of thiophene rings is 1. The second-order valence-corrected chi connectivity index (χ2v) is 6.45. The van der Waals surface area contributed by atoms with Crippen molar-refractivity contribution in [1.29, 1.82) is 0 Å². The van der Waals surface area contributed by atoms with Crippen molar-refractivity contribution < 1.29 is 4.79 Å². The van der Waals surface area contributed by atoms with E-state index < -0.39 is 0 Å². The van der Waals surface area contributed by atoms with Gasteiger partial charge in [0.15, 0.2) is 0 Å². The summed E-state index contributed by atoms with van der Waals surface area (Å²) in [6.07, 6.45) is 0.341. The summed E-state index contributed by atoms with van der Waals surface area (Å²) in [4.78, 5) is 15.6. The Kier molecular flexibility index (Phi) is 5.53. The maximum atomic E-state index is 12.5. The molecule has 0 fully saturated rings. The molecule has 0 radical (unpaired) electrons. The van der Waals surface area contributed by atoms with E-state index in [4.69, 9.17) is 5.73 Å². The van der Waals surface area contributed by atoms with Gasteiger partial charge in [-0.15, -0.1) is 11.3 Å². The third-order valence-corrected chi connectivity index (χ3v) is 4.33. The molecule has 0 aliphatic rings. The van der Waals surface area contributed by atoms with Crippen molar-refractivity contribution in [2.75, 3.05) is 0 Å². The Morgan fingerprint density at radius 3 is 2.48 bits per heavy atom. The van der Waals surface area contributed by atoms with Gasteiger partial charge in [0.05, 0.1) is 6.54 Å². The zero-order valence-electron chi connectivity index (χ0n) is 12.5. The molecule has 0 bridgehead atoms. The smallest absolute Gasteiger partial charge is 0.225 e. The van der Waals surface area contributed by atoms with Gasteiger partial charge in [-0.3, -0.25) is 4.79 Å². The van der Waals surface area contributed by atoms with E-state index in [0.29, 0.717) is 13.0 Å². The monoisotopic (exact) mass is 302 g/mol. The second kappa shape index (κ2) is 7.38. The third kappa shape index (κ3) is 4.41. The lowest BCUT2D eigenvalue weighted by atomic mass is 10.0. The Hall–Kier alpha value is -1.65. The van der Waals surface area contributed by atoms with E-state index in [1.165, 1.54) is 4.88 Å². The Labute approximate surface area is 130 Å². The molecule has 0 saturated heterocycles. The molecular formula is C17H22N2OS. The lowest BCUT2D eigenvalue weighted by molar-refractivity contribution is -0.133. The third-order valence-electron chi connectivity index (χ3n) is 3.47. The average molecular weight is 302 g/mol. The highest BCUT2D eigenvalue weighted by atomic mass is 32.1. The predicted octanol–water partition coefficient (Wildman–Crippen LogP) is 3.58. The standard InChI is InChI=1S/C17H22N2OS/c1-13(2)19(12-15-9-6-10-21-15)17(20)11-16(18)14-7-4-3-5-8-14/h3-10,13,16H,11-12,18H2,1-2H3. The zero-order chi connectivity index (χ0) is 15.2. The highest BCUT2D eigenvalue weighted by molar-refractivity contribution is 7.09. The second-order valence-electron chi connectivity index (χ2n) is 5.42. The largest absolute Gasteiger partial charge is 0.335 e. The van der Waals surface area contributed by atoms with Gasteiger partial charge >= 0.3 is 0 Å². The van der Waals surface area contributed by atoms with Crippen LogP contribution in [0.5, 0.6) is 0 Å². The van der Waals surface area contributed by atoms with Crippen molar-refractivity contribution in [3.63, 3.8) is 0 Å². The maximum absolute atomic E-state index is 12.5. The first-order valence-electron chi connectivity index (χ1n) is 7.20. The molecule has 1 unspecified atom stereocenters. The molecule has 0 aliphatic carbocycles. The minimum absolute atomic E-state index is 0.106. The van der Waals surface area contributed by atoms with Crippen LogP contribution in [0.4, 0.5) is 0 Å². The summed E-state index contributed by atoms with van der Waals surface area (Å²) >= 11 is 1.68. The fourth-order valence-electron chi connectivity index (χ4n) is 2.25. The number of rotatable bonds is 6. The highest BCUT2D eigenvalue weighted by Gasteiger charge is 2.20. The number of benzene rings is 1. The first-order valence-corrected chi connectivity index (χ1v) is 8.08. The van der Waals surface area contributed by atoms with Crippen LogP contribution >= 0.6 is 11.3 Å². The van der Waals surface area contributed by atoms with Crippen LogP contribution in [-0.4, -0.2) is 16.8 Å². The van der Waals surface area contributed by atoms with Crippen LogP contribution in [0.25, 0.3) is 0 Å². The van der Waals surface area contributed by atoms with Crippen LogP contribution in [0, 0.1) is 0 Å². The summed E-state index contributed by atoms with van der Waals surface area (Å²) < 4.78 is 0. The van der Waals surface area contributed by atoms with Crippen LogP contribution in [0.1, 0.15) is 36.8 Å². The van der Waals surface area contributed by atoms with E-state index in [-0.39, 0.29) is 18.0 Å². The van der Waals surface area contributed by atoms with Crippen molar-refractivity contribution in [2.24, 2.45) is 5.73 Å². The minimum atomic E-state index is -0.247. The van der Waals surface area contributed by atoms with Gasteiger partial charge < -0.3 is 10.6 Å². The molecule has 1 atom stereocenters. The van der Waals surface area contributed by atoms with E-state index in [1.807, 2.05) is 60.5 Å². The summed E-state index contributed by atoms with van der Waals surface area (Å²) in [5, 5.41) is 2.04. The highest BCUT2D eigenvalue weighted by Crippen LogP contribution is 2.19. The van der Waals surface area contributed by atoms with Crippen LogP contribution < -0.4 is 5.73 Å². The van der Waals surface area contributed by atoms with E-state index in [0.717, 1.165) is 5.56 Å². The van der Waals surface area contributed by atoms with Crippen molar-refractivity contribution in [3.8, 4) is 0 Å². The minimum Gasteiger partial charge on any atom is -0.335 e.